The summed E-state index contributed by atoms with van der Waals surface area (Å²) in [5, 5.41) is 11.6. The van der Waals surface area contributed by atoms with Crippen LogP contribution in [0.5, 0.6) is 0 Å². The summed E-state index contributed by atoms with van der Waals surface area (Å²) in [6.07, 6.45) is 4.62. The second-order valence-electron chi connectivity index (χ2n) is 2.10. The van der Waals surface area contributed by atoms with Crippen molar-refractivity contribution < 1.29 is 4.79 Å². The molecule has 0 aromatic carbocycles. The Labute approximate surface area is 74.7 Å². The SMILES string of the molecule is N#CC(=O)N/N=C/c1cccnc1. The van der Waals surface area contributed by atoms with E-state index in [0.717, 1.165) is 5.56 Å². The molecular weight excluding hydrogens is 168 g/mol. The fraction of sp³-hybridized carbons (Fsp3) is 0. The lowest BCUT2D eigenvalue weighted by atomic mass is 10.3. The Morgan fingerprint density at radius 2 is 2.62 bits per heavy atom. The third kappa shape index (κ3) is 3.12. The average molecular weight is 174 g/mol. The fourth-order valence-electron chi connectivity index (χ4n) is 0.643. The Morgan fingerprint density at radius 3 is 3.23 bits per heavy atom. The van der Waals surface area contributed by atoms with Gasteiger partial charge in [0.25, 0.3) is 0 Å². The van der Waals surface area contributed by atoms with E-state index >= 15 is 0 Å². The molecule has 0 aliphatic rings. The summed E-state index contributed by atoms with van der Waals surface area (Å²) in [5.74, 6) is -0.792. The van der Waals surface area contributed by atoms with Gasteiger partial charge in [0, 0.05) is 18.0 Å². The van der Waals surface area contributed by atoms with Crippen LogP contribution in [0.3, 0.4) is 0 Å². The van der Waals surface area contributed by atoms with Gasteiger partial charge in [-0.3, -0.25) is 9.78 Å². The minimum Gasteiger partial charge on any atom is -0.264 e. The third-order valence-corrected chi connectivity index (χ3v) is 1.17. The zero-order valence-electron chi connectivity index (χ0n) is 6.64. The average Bonchev–Trinajstić information content (AvgIpc) is 2.19. The number of hydrogen-bond acceptors (Lipinski definition) is 4. The highest BCUT2D eigenvalue weighted by atomic mass is 16.2. The van der Waals surface area contributed by atoms with Gasteiger partial charge in [-0.1, -0.05) is 6.07 Å². The number of pyridine rings is 1. The van der Waals surface area contributed by atoms with E-state index in [1.807, 2.05) is 5.43 Å². The highest BCUT2D eigenvalue weighted by molar-refractivity contribution is 5.92. The molecule has 5 heteroatoms. The number of rotatable bonds is 2. The van der Waals surface area contributed by atoms with Crippen LogP contribution in [0.4, 0.5) is 0 Å². The second-order valence-corrected chi connectivity index (χ2v) is 2.10. The van der Waals surface area contributed by atoms with Gasteiger partial charge in [-0.15, -0.1) is 0 Å². The number of hydrogen-bond donors (Lipinski definition) is 1. The number of nitriles is 1. The smallest absolute Gasteiger partial charge is 0.264 e. The first-order chi connectivity index (χ1) is 6.33. The Bertz CT molecular complexity index is 352. The molecule has 0 fully saturated rings. The van der Waals surface area contributed by atoms with Gasteiger partial charge in [0.05, 0.1) is 6.21 Å². The summed E-state index contributed by atoms with van der Waals surface area (Å²) < 4.78 is 0. The lowest BCUT2D eigenvalue weighted by Gasteiger charge is -1.89. The number of nitrogens with one attached hydrogen (secondary N) is 1. The van der Waals surface area contributed by atoms with Crippen LogP contribution in [-0.2, 0) is 4.79 Å². The molecule has 0 saturated heterocycles. The Balaban J connectivity index is 2.51. The van der Waals surface area contributed by atoms with Crippen molar-refractivity contribution in [2.45, 2.75) is 0 Å². The van der Waals surface area contributed by atoms with Crippen LogP contribution < -0.4 is 5.43 Å². The van der Waals surface area contributed by atoms with Crippen molar-refractivity contribution in [3.05, 3.63) is 30.1 Å². The molecule has 0 aliphatic carbocycles. The number of carbonyl (C=O) groups excluding carboxylic acids is 1. The standard InChI is InChI=1S/C8H6N4O/c9-4-8(13)12-11-6-7-2-1-3-10-5-7/h1-3,5-6H,(H,12,13)/b11-6+. The lowest BCUT2D eigenvalue weighted by Crippen LogP contribution is -2.14. The highest BCUT2D eigenvalue weighted by Crippen LogP contribution is 1.89. The number of carbonyl (C=O) groups is 1. The summed E-state index contributed by atoms with van der Waals surface area (Å²) in [5.41, 5.74) is 2.77. The molecule has 0 atom stereocenters. The quantitative estimate of drug-likeness (QED) is 0.391. The molecule has 1 aromatic heterocycles. The molecule has 0 spiro atoms. The van der Waals surface area contributed by atoms with E-state index in [9.17, 15) is 4.79 Å². The Kier molecular flexibility index (Phi) is 3.15. The van der Waals surface area contributed by atoms with E-state index in [0.29, 0.717) is 0 Å². The van der Waals surface area contributed by atoms with Crippen LogP contribution >= 0.6 is 0 Å². The summed E-state index contributed by atoms with van der Waals surface area (Å²) in [6, 6.07) is 4.89. The van der Waals surface area contributed by atoms with E-state index in [1.54, 1.807) is 24.5 Å². The molecule has 0 unspecified atom stereocenters. The monoisotopic (exact) mass is 174 g/mol. The molecule has 5 nitrogen and oxygen atoms in total. The topological polar surface area (TPSA) is 78.1 Å². The number of aromatic nitrogens is 1. The molecule has 13 heavy (non-hydrogen) atoms. The minimum atomic E-state index is -0.792. The second kappa shape index (κ2) is 4.62. The molecule has 1 aromatic rings. The maximum absolute atomic E-state index is 10.4. The van der Waals surface area contributed by atoms with Gasteiger partial charge in [0.15, 0.2) is 6.07 Å². The Morgan fingerprint density at radius 1 is 1.77 bits per heavy atom. The van der Waals surface area contributed by atoms with Crippen LogP contribution in [-0.4, -0.2) is 17.1 Å². The van der Waals surface area contributed by atoms with Crippen molar-refractivity contribution in [3.8, 4) is 6.07 Å². The molecule has 0 saturated carbocycles. The van der Waals surface area contributed by atoms with Crippen LogP contribution in [0.1, 0.15) is 5.56 Å². The zero-order chi connectivity index (χ0) is 9.52. The van der Waals surface area contributed by atoms with E-state index < -0.39 is 5.91 Å². The fourth-order valence-corrected chi connectivity index (χ4v) is 0.643. The Hall–Kier alpha value is -2.22. The highest BCUT2D eigenvalue weighted by Gasteiger charge is 1.91. The van der Waals surface area contributed by atoms with Gasteiger partial charge in [-0.2, -0.15) is 10.4 Å². The first-order valence-electron chi connectivity index (χ1n) is 3.46. The molecule has 0 bridgehead atoms. The molecule has 64 valence electrons. The van der Waals surface area contributed by atoms with Gasteiger partial charge >= 0.3 is 5.91 Å². The van der Waals surface area contributed by atoms with Crippen molar-refractivity contribution in [3.63, 3.8) is 0 Å². The first kappa shape index (κ1) is 8.87. The molecule has 1 amide bonds. The summed E-state index contributed by atoms with van der Waals surface area (Å²) >= 11 is 0. The third-order valence-electron chi connectivity index (χ3n) is 1.17. The minimum absolute atomic E-state index is 0.751. The molecule has 0 aliphatic heterocycles. The number of nitrogens with zero attached hydrogens (tertiary/aromatic N) is 3. The summed E-state index contributed by atoms with van der Waals surface area (Å²) in [6.45, 7) is 0. The van der Waals surface area contributed by atoms with Gasteiger partial charge < -0.3 is 0 Å². The molecule has 0 radical (unpaired) electrons. The van der Waals surface area contributed by atoms with Crippen molar-refractivity contribution in [1.82, 2.24) is 10.4 Å². The number of amides is 1. The van der Waals surface area contributed by atoms with Crippen LogP contribution in [0.15, 0.2) is 29.6 Å². The normalized spacial score (nSPS) is 9.46. The predicted molar refractivity (Wildman–Crippen MR) is 45.6 cm³/mol. The van der Waals surface area contributed by atoms with Crippen molar-refractivity contribution >= 4 is 12.1 Å². The van der Waals surface area contributed by atoms with Crippen LogP contribution in [0, 0.1) is 11.3 Å². The number of hydrazone groups is 1. The van der Waals surface area contributed by atoms with Crippen LogP contribution in [0.2, 0.25) is 0 Å². The van der Waals surface area contributed by atoms with E-state index in [2.05, 4.69) is 10.1 Å². The summed E-state index contributed by atoms with van der Waals surface area (Å²) in [4.78, 5) is 14.2. The van der Waals surface area contributed by atoms with E-state index in [4.69, 9.17) is 5.26 Å². The van der Waals surface area contributed by atoms with Gasteiger partial charge in [0.2, 0.25) is 0 Å². The molecule has 1 rings (SSSR count). The van der Waals surface area contributed by atoms with E-state index in [-0.39, 0.29) is 0 Å². The van der Waals surface area contributed by atoms with E-state index in [1.165, 1.54) is 12.3 Å². The van der Waals surface area contributed by atoms with Crippen molar-refractivity contribution in [2.75, 3.05) is 0 Å². The maximum Gasteiger partial charge on any atom is 0.342 e. The van der Waals surface area contributed by atoms with Crippen molar-refractivity contribution in [2.24, 2.45) is 5.10 Å². The largest absolute Gasteiger partial charge is 0.342 e. The zero-order valence-corrected chi connectivity index (χ0v) is 6.64. The predicted octanol–water partition coefficient (Wildman–Crippen LogP) is 0.0553. The summed E-state index contributed by atoms with van der Waals surface area (Å²) in [7, 11) is 0. The van der Waals surface area contributed by atoms with Crippen LogP contribution in [0.25, 0.3) is 0 Å². The van der Waals surface area contributed by atoms with Gasteiger partial charge in [-0.05, 0) is 6.07 Å². The van der Waals surface area contributed by atoms with Crippen molar-refractivity contribution in [1.29, 1.82) is 5.26 Å². The first-order valence-corrected chi connectivity index (χ1v) is 3.46. The maximum atomic E-state index is 10.4. The van der Waals surface area contributed by atoms with Gasteiger partial charge in [0.1, 0.15) is 0 Å². The lowest BCUT2D eigenvalue weighted by molar-refractivity contribution is -0.115. The molecule has 1 heterocycles. The molecule has 1 N–H and O–H groups in total. The molecular formula is C8H6N4O. The van der Waals surface area contributed by atoms with Gasteiger partial charge in [-0.25, -0.2) is 5.43 Å².